The number of pyridine rings is 1. The van der Waals surface area contributed by atoms with E-state index in [1.165, 1.54) is 0 Å². The van der Waals surface area contributed by atoms with Crippen molar-refractivity contribution >= 4 is 43.3 Å². The van der Waals surface area contributed by atoms with Crippen LogP contribution in [0.2, 0.25) is 0 Å². The number of aromatic nitrogens is 1. The third-order valence-corrected chi connectivity index (χ3v) is 4.69. The number of halogens is 1. The number of benzene rings is 1. The van der Waals surface area contributed by atoms with Crippen molar-refractivity contribution in [2.75, 3.05) is 23.4 Å². The molecule has 0 aliphatic rings. The molecule has 1 N–H and O–H groups in total. The predicted molar refractivity (Wildman–Crippen MR) is 81.5 cm³/mol. The molecule has 1 heterocycles. The van der Waals surface area contributed by atoms with Gasteiger partial charge in [0.05, 0.1) is 0 Å². The fraction of sp³-hybridized carbons (Fsp3) is 0.308. The lowest BCUT2D eigenvalue weighted by Crippen LogP contribution is -2.12. The van der Waals surface area contributed by atoms with E-state index in [1.54, 1.807) is 6.20 Å². The van der Waals surface area contributed by atoms with E-state index in [0.29, 0.717) is 18.1 Å². The molecular weight excluding hydrogens is 312 g/mol. The van der Waals surface area contributed by atoms with Gasteiger partial charge in [-0.3, -0.25) is 4.21 Å². The molecule has 18 heavy (non-hydrogen) atoms. The van der Waals surface area contributed by atoms with E-state index in [1.807, 2.05) is 31.2 Å². The van der Waals surface area contributed by atoms with E-state index in [4.69, 9.17) is 0 Å². The Balaban J connectivity index is 2.18. The fourth-order valence-electron chi connectivity index (χ4n) is 1.74. The molecule has 0 fully saturated rings. The van der Waals surface area contributed by atoms with Gasteiger partial charge in [-0.1, -0.05) is 35.0 Å². The highest BCUT2D eigenvalue weighted by molar-refractivity contribution is 9.10. The first-order valence-corrected chi connectivity index (χ1v) is 8.12. The van der Waals surface area contributed by atoms with Gasteiger partial charge in [-0.2, -0.15) is 0 Å². The van der Waals surface area contributed by atoms with E-state index in [0.717, 1.165) is 21.1 Å². The summed E-state index contributed by atoms with van der Waals surface area (Å²) in [7, 11) is -0.738. The Morgan fingerprint density at radius 2 is 2.17 bits per heavy atom. The Hall–Kier alpha value is -0.940. The van der Waals surface area contributed by atoms with Crippen LogP contribution < -0.4 is 5.32 Å². The fourth-order valence-corrected chi connectivity index (χ4v) is 2.85. The van der Waals surface area contributed by atoms with Crippen LogP contribution in [0.3, 0.4) is 0 Å². The number of hydrogen-bond donors (Lipinski definition) is 1. The summed E-state index contributed by atoms with van der Waals surface area (Å²) >= 11 is 3.53. The van der Waals surface area contributed by atoms with Gasteiger partial charge in [-0.05, 0) is 12.1 Å². The van der Waals surface area contributed by atoms with Gasteiger partial charge in [-0.15, -0.1) is 0 Å². The second-order valence-corrected chi connectivity index (χ2v) is 6.57. The minimum absolute atomic E-state index is 0.655. The van der Waals surface area contributed by atoms with E-state index >= 15 is 0 Å². The number of fused-ring (bicyclic) bond motifs is 1. The normalized spacial score (nSPS) is 12.6. The molecule has 0 bridgehead atoms. The number of hydrogen-bond acceptors (Lipinski definition) is 3. The van der Waals surface area contributed by atoms with Crippen LogP contribution in [0.15, 0.2) is 34.9 Å². The molecule has 0 saturated carbocycles. The lowest BCUT2D eigenvalue weighted by atomic mass is 10.1. The highest BCUT2D eigenvalue weighted by Crippen LogP contribution is 2.27. The van der Waals surface area contributed by atoms with Gasteiger partial charge in [-0.25, -0.2) is 4.98 Å². The second-order valence-electron chi connectivity index (χ2n) is 3.85. The summed E-state index contributed by atoms with van der Waals surface area (Å²) in [5.41, 5.74) is 0. The molecule has 96 valence electrons. The van der Waals surface area contributed by atoms with Crippen LogP contribution in [0, 0.1) is 0 Å². The van der Waals surface area contributed by atoms with Gasteiger partial charge in [0, 0.05) is 50.3 Å². The van der Waals surface area contributed by atoms with Crippen molar-refractivity contribution in [3.05, 3.63) is 34.9 Å². The number of nitrogens with zero attached hydrogens (tertiary/aromatic N) is 1. The Morgan fingerprint density at radius 1 is 1.33 bits per heavy atom. The summed E-state index contributed by atoms with van der Waals surface area (Å²) in [6.45, 7) is 2.61. The molecule has 0 amide bonds. The molecular formula is C13H15BrN2OS. The van der Waals surface area contributed by atoms with Crippen molar-refractivity contribution < 1.29 is 4.21 Å². The summed E-state index contributed by atoms with van der Waals surface area (Å²) in [5, 5.41) is 5.46. The monoisotopic (exact) mass is 326 g/mol. The van der Waals surface area contributed by atoms with Gasteiger partial charge in [0.15, 0.2) is 0 Å². The minimum atomic E-state index is -0.738. The standard InChI is InChI=1S/C13H15BrN2OS/c1-2-18(17)9-8-16-13-11-4-3-5-12(14)10(11)6-7-15-13/h3-7H,2,8-9H2,1H3,(H,15,16). The number of nitrogens with one attached hydrogen (secondary N) is 1. The average Bonchev–Trinajstić information content (AvgIpc) is 2.39. The lowest BCUT2D eigenvalue weighted by molar-refractivity contribution is 0.684. The van der Waals surface area contributed by atoms with Crippen molar-refractivity contribution in [1.82, 2.24) is 4.98 Å². The number of rotatable bonds is 5. The van der Waals surface area contributed by atoms with Crippen molar-refractivity contribution in [3.63, 3.8) is 0 Å². The van der Waals surface area contributed by atoms with Crippen molar-refractivity contribution in [1.29, 1.82) is 0 Å². The molecule has 2 rings (SSSR count). The summed E-state index contributed by atoms with van der Waals surface area (Å²) < 4.78 is 12.4. The van der Waals surface area contributed by atoms with E-state index < -0.39 is 10.8 Å². The SMILES string of the molecule is CCS(=O)CCNc1nccc2c(Br)cccc12. The molecule has 1 aromatic heterocycles. The van der Waals surface area contributed by atoms with Crippen LogP contribution in [-0.4, -0.2) is 27.2 Å². The first-order chi connectivity index (χ1) is 8.72. The highest BCUT2D eigenvalue weighted by atomic mass is 79.9. The maximum absolute atomic E-state index is 11.4. The molecule has 0 aliphatic carbocycles. The van der Waals surface area contributed by atoms with Gasteiger partial charge in [0.2, 0.25) is 0 Å². The zero-order valence-corrected chi connectivity index (χ0v) is 12.6. The quantitative estimate of drug-likeness (QED) is 0.917. The topological polar surface area (TPSA) is 42.0 Å². The molecule has 1 atom stereocenters. The molecule has 2 aromatic rings. The third-order valence-electron chi connectivity index (χ3n) is 2.70. The minimum Gasteiger partial charge on any atom is -0.369 e. The Morgan fingerprint density at radius 3 is 2.94 bits per heavy atom. The van der Waals surface area contributed by atoms with Gasteiger partial charge >= 0.3 is 0 Å². The van der Waals surface area contributed by atoms with Crippen LogP contribution in [0.1, 0.15) is 6.92 Å². The van der Waals surface area contributed by atoms with E-state index in [-0.39, 0.29) is 0 Å². The predicted octanol–water partition coefficient (Wildman–Crippen LogP) is 3.18. The smallest absolute Gasteiger partial charge is 0.133 e. The maximum atomic E-state index is 11.4. The van der Waals surface area contributed by atoms with Crippen molar-refractivity contribution in [2.24, 2.45) is 0 Å². The van der Waals surface area contributed by atoms with Gasteiger partial charge in [0.25, 0.3) is 0 Å². The molecule has 0 saturated heterocycles. The zero-order valence-electron chi connectivity index (χ0n) is 10.1. The third kappa shape index (κ3) is 3.09. The molecule has 0 aliphatic heterocycles. The van der Waals surface area contributed by atoms with Crippen LogP contribution in [0.25, 0.3) is 10.8 Å². The first kappa shape index (κ1) is 13.5. The van der Waals surface area contributed by atoms with Crippen molar-refractivity contribution in [3.8, 4) is 0 Å². The highest BCUT2D eigenvalue weighted by Gasteiger charge is 2.04. The first-order valence-electron chi connectivity index (χ1n) is 5.84. The summed E-state index contributed by atoms with van der Waals surface area (Å²) in [6, 6.07) is 8.02. The Bertz CT molecular complexity index is 574. The van der Waals surface area contributed by atoms with Gasteiger partial charge in [0.1, 0.15) is 5.82 Å². The van der Waals surface area contributed by atoms with Crippen LogP contribution in [-0.2, 0) is 10.8 Å². The molecule has 0 radical (unpaired) electrons. The molecule has 1 aromatic carbocycles. The molecule has 1 unspecified atom stereocenters. The number of anilines is 1. The maximum Gasteiger partial charge on any atom is 0.133 e. The zero-order chi connectivity index (χ0) is 13.0. The molecule has 3 nitrogen and oxygen atoms in total. The van der Waals surface area contributed by atoms with E-state index in [9.17, 15) is 4.21 Å². The summed E-state index contributed by atoms with van der Waals surface area (Å²) in [4.78, 5) is 4.34. The summed E-state index contributed by atoms with van der Waals surface area (Å²) in [6.07, 6.45) is 1.78. The Labute approximate surface area is 118 Å². The average molecular weight is 327 g/mol. The van der Waals surface area contributed by atoms with Gasteiger partial charge < -0.3 is 5.32 Å². The Kier molecular flexibility index (Phi) is 4.72. The largest absolute Gasteiger partial charge is 0.369 e. The second kappa shape index (κ2) is 6.29. The van der Waals surface area contributed by atoms with E-state index in [2.05, 4.69) is 26.2 Å². The van der Waals surface area contributed by atoms with Crippen LogP contribution in [0.5, 0.6) is 0 Å². The van der Waals surface area contributed by atoms with Crippen LogP contribution >= 0.6 is 15.9 Å². The molecule has 5 heteroatoms. The summed E-state index contributed by atoms with van der Waals surface area (Å²) in [5.74, 6) is 2.21. The van der Waals surface area contributed by atoms with Crippen molar-refractivity contribution in [2.45, 2.75) is 6.92 Å². The lowest BCUT2D eigenvalue weighted by Gasteiger charge is -2.09. The molecule has 0 spiro atoms. The van der Waals surface area contributed by atoms with Crippen LogP contribution in [0.4, 0.5) is 5.82 Å².